The molecule has 0 N–H and O–H groups in total. The molecular formula is C75H140O6. The van der Waals surface area contributed by atoms with Crippen LogP contribution in [0.5, 0.6) is 0 Å². The van der Waals surface area contributed by atoms with Crippen molar-refractivity contribution in [3.63, 3.8) is 0 Å². The summed E-state index contributed by atoms with van der Waals surface area (Å²) >= 11 is 0. The minimum atomic E-state index is -0.776. The monoisotopic (exact) mass is 1140 g/mol. The second-order valence-electron chi connectivity index (χ2n) is 24.9. The Kier molecular flexibility index (Phi) is 68.1. The zero-order valence-electron chi connectivity index (χ0n) is 54.8. The van der Waals surface area contributed by atoms with E-state index in [0.717, 1.165) is 70.6 Å². The van der Waals surface area contributed by atoms with Crippen molar-refractivity contribution < 1.29 is 28.6 Å². The molecule has 0 amide bonds. The number of esters is 3. The molecule has 0 saturated heterocycles. The zero-order valence-corrected chi connectivity index (χ0v) is 54.8. The van der Waals surface area contributed by atoms with Gasteiger partial charge in [-0.25, -0.2) is 0 Å². The normalized spacial score (nSPS) is 12.2. The van der Waals surface area contributed by atoms with Crippen molar-refractivity contribution in [1.29, 1.82) is 0 Å². The van der Waals surface area contributed by atoms with Crippen LogP contribution in [-0.4, -0.2) is 37.2 Å². The highest BCUT2D eigenvalue weighted by Gasteiger charge is 2.19. The molecule has 0 heterocycles. The standard InChI is InChI=1S/C75H140O6/c1-4-7-10-13-16-19-22-24-26-28-30-31-32-33-34-35-36-37-38-39-40-41-42-43-45-46-48-50-53-56-59-62-65-68-74(77)80-71-72(70-79-73(76)67-64-61-58-55-52-21-18-15-12-9-6-3)81-75(78)69-66-63-60-57-54-51-49-47-44-29-27-25-23-20-17-14-11-8-5-2/h15,17-18,20,25,27,72H,4-14,16,19,21-24,26,28-71H2,1-3H3/b18-15-,20-17-,27-25-. The van der Waals surface area contributed by atoms with Gasteiger partial charge in [0.2, 0.25) is 0 Å². The van der Waals surface area contributed by atoms with E-state index in [9.17, 15) is 14.4 Å². The molecule has 0 saturated carbocycles. The summed E-state index contributed by atoms with van der Waals surface area (Å²) < 4.78 is 16.9. The molecule has 0 aliphatic carbocycles. The lowest BCUT2D eigenvalue weighted by atomic mass is 10.0. The van der Waals surface area contributed by atoms with E-state index < -0.39 is 6.10 Å². The number of carbonyl (C=O) groups excluding carboxylic acids is 3. The maximum atomic E-state index is 12.9. The Morgan fingerprint density at radius 2 is 0.457 bits per heavy atom. The fraction of sp³-hybridized carbons (Fsp3) is 0.880. The average Bonchev–Trinajstić information content (AvgIpc) is 3.47. The predicted octanol–water partition coefficient (Wildman–Crippen LogP) is 25.1. The first kappa shape index (κ1) is 78.6. The van der Waals surface area contributed by atoms with Crippen LogP contribution in [-0.2, 0) is 28.6 Å². The molecule has 81 heavy (non-hydrogen) atoms. The molecule has 6 nitrogen and oxygen atoms in total. The summed E-state index contributed by atoms with van der Waals surface area (Å²) in [5, 5.41) is 0. The Hall–Kier alpha value is -2.37. The van der Waals surface area contributed by atoms with Crippen LogP contribution in [0, 0.1) is 0 Å². The van der Waals surface area contributed by atoms with Crippen molar-refractivity contribution in [3.05, 3.63) is 36.5 Å². The lowest BCUT2D eigenvalue weighted by Gasteiger charge is -2.18. The van der Waals surface area contributed by atoms with Gasteiger partial charge >= 0.3 is 17.9 Å². The largest absolute Gasteiger partial charge is 0.462 e. The molecule has 0 fully saturated rings. The van der Waals surface area contributed by atoms with E-state index in [1.54, 1.807) is 0 Å². The van der Waals surface area contributed by atoms with E-state index in [-0.39, 0.29) is 31.1 Å². The number of ether oxygens (including phenoxy) is 3. The predicted molar refractivity (Wildman–Crippen MR) is 353 cm³/mol. The topological polar surface area (TPSA) is 78.9 Å². The van der Waals surface area contributed by atoms with Gasteiger partial charge < -0.3 is 14.2 Å². The Morgan fingerprint density at radius 1 is 0.247 bits per heavy atom. The molecule has 0 aliphatic heterocycles. The molecule has 0 aliphatic rings. The maximum absolute atomic E-state index is 12.9. The highest BCUT2D eigenvalue weighted by atomic mass is 16.6. The van der Waals surface area contributed by atoms with Crippen LogP contribution in [0.15, 0.2) is 36.5 Å². The Morgan fingerprint density at radius 3 is 0.753 bits per heavy atom. The van der Waals surface area contributed by atoms with Crippen LogP contribution < -0.4 is 0 Å². The number of carbonyl (C=O) groups is 3. The molecule has 0 radical (unpaired) electrons. The lowest BCUT2D eigenvalue weighted by molar-refractivity contribution is -0.167. The third-order valence-corrected chi connectivity index (χ3v) is 16.6. The molecule has 0 bridgehead atoms. The molecular weight excluding hydrogens is 997 g/mol. The number of rotatable bonds is 68. The van der Waals surface area contributed by atoms with Crippen molar-refractivity contribution in [2.45, 2.75) is 412 Å². The summed E-state index contributed by atoms with van der Waals surface area (Å²) in [6.45, 7) is 6.64. The molecule has 1 atom stereocenters. The quantitative estimate of drug-likeness (QED) is 0.0261. The van der Waals surface area contributed by atoms with Crippen LogP contribution in [0.4, 0.5) is 0 Å². The number of hydrogen-bond donors (Lipinski definition) is 0. The highest BCUT2D eigenvalue weighted by Crippen LogP contribution is 2.19. The number of allylic oxidation sites excluding steroid dienone is 6. The van der Waals surface area contributed by atoms with E-state index in [4.69, 9.17) is 14.2 Å². The van der Waals surface area contributed by atoms with Gasteiger partial charge in [-0.1, -0.05) is 353 Å². The number of hydrogen-bond acceptors (Lipinski definition) is 6. The second-order valence-corrected chi connectivity index (χ2v) is 24.9. The fourth-order valence-corrected chi connectivity index (χ4v) is 11.1. The minimum absolute atomic E-state index is 0.0722. The van der Waals surface area contributed by atoms with Gasteiger partial charge in [0.05, 0.1) is 0 Å². The zero-order chi connectivity index (χ0) is 58.5. The van der Waals surface area contributed by atoms with Gasteiger partial charge in [-0.05, 0) is 70.6 Å². The summed E-state index contributed by atoms with van der Waals surface area (Å²) in [6.07, 6.45) is 87.8. The lowest BCUT2D eigenvalue weighted by Crippen LogP contribution is -2.30. The molecule has 0 aromatic rings. The summed E-state index contributed by atoms with van der Waals surface area (Å²) in [6, 6.07) is 0. The molecule has 0 aromatic carbocycles. The highest BCUT2D eigenvalue weighted by molar-refractivity contribution is 5.71. The van der Waals surface area contributed by atoms with Crippen molar-refractivity contribution in [3.8, 4) is 0 Å². The first-order valence-corrected chi connectivity index (χ1v) is 36.5. The van der Waals surface area contributed by atoms with Gasteiger partial charge in [-0.15, -0.1) is 0 Å². The van der Waals surface area contributed by atoms with Gasteiger partial charge in [0.15, 0.2) is 6.10 Å². The number of unbranched alkanes of at least 4 members (excludes halogenated alkanes) is 51. The first-order chi connectivity index (χ1) is 40.0. The van der Waals surface area contributed by atoms with E-state index in [1.807, 2.05) is 0 Å². The van der Waals surface area contributed by atoms with Crippen LogP contribution >= 0.6 is 0 Å². The third kappa shape index (κ3) is 68.3. The SMILES string of the molecule is CCCC/C=C\CCCCCCCC(=O)OCC(COC(=O)CCCCCCCCCCCCCCCCCCCCCCCCCCCCCCCCCCC)OC(=O)CCCCCCCCCCC/C=C\C/C=C\CCCCC. The van der Waals surface area contributed by atoms with Gasteiger partial charge in [-0.2, -0.15) is 0 Å². The van der Waals surface area contributed by atoms with E-state index in [2.05, 4.69) is 57.2 Å². The summed E-state index contributed by atoms with van der Waals surface area (Å²) in [5.41, 5.74) is 0. The Labute approximate surface area is 506 Å². The third-order valence-electron chi connectivity index (χ3n) is 16.6. The Bertz CT molecular complexity index is 1350. The summed E-state index contributed by atoms with van der Waals surface area (Å²) in [7, 11) is 0. The molecule has 0 rings (SSSR count). The van der Waals surface area contributed by atoms with Crippen molar-refractivity contribution in [1.82, 2.24) is 0 Å². The molecule has 476 valence electrons. The summed E-state index contributed by atoms with van der Waals surface area (Å²) in [4.78, 5) is 38.3. The Balaban J connectivity index is 4.07. The average molecular weight is 1140 g/mol. The van der Waals surface area contributed by atoms with Gasteiger partial charge in [0.1, 0.15) is 13.2 Å². The molecule has 0 spiro atoms. The van der Waals surface area contributed by atoms with Gasteiger partial charge in [0.25, 0.3) is 0 Å². The van der Waals surface area contributed by atoms with E-state index >= 15 is 0 Å². The van der Waals surface area contributed by atoms with Crippen LogP contribution in [0.1, 0.15) is 406 Å². The molecule has 0 aromatic heterocycles. The van der Waals surface area contributed by atoms with Crippen molar-refractivity contribution >= 4 is 17.9 Å². The summed E-state index contributed by atoms with van der Waals surface area (Å²) in [5.74, 6) is -0.861. The minimum Gasteiger partial charge on any atom is -0.462 e. The van der Waals surface area contributed by atoms with E-state index in [1.165, 1.54) is 295 Å². The first-order valence-electron chi connectivity index (χ1n) is 36.5. The van der Waals surface area contributed by atoms with E-state index in [0.29, 0.717) is 19.3 Å². The smallest absolute Gasteiger partial charge is 0.306 e. The molecule has 1 unspecified atom stereocenters. The van der Waals surface area contributed by atoms with Crippen molar-refractivity contribution in [2.75, 3.05) is 13.2 Å². The van der Waals surface area contributed by atoms with Crippen LogP contribution in [0.2, 0.25) is 0 Å². The van der Waals surface area contributed by atoms with Gasteiger partial charge in [0, 0.05) is 19.3 Å². The van der Waals surface area contributed by atoms with Crippen molar-refractivity contribution in [2.24, 2.45) is 0 Å². The van der Waals surface area contributed by atoms with Crippen LogP contribution in [0.3, 0.4) is 0 Å². The second kappa shape index (κ2) is 70.1. The van der Waals surface area contributed by atoms with Gasteiger partial charge in [-0.3, -0.25) is 14.4 Å². The molecule has 6 heteroatoms. The fourth-order valence-electron chi connectivity index (χ4n) is 11.1. The maximum Gasteiger partial charge on any atom is 0.306 e. The van der Waals surface area contributed by atoms with Crippen LogP contribution in [0.25, 0.3) is 0 Å².